The van der Waals surface area contributed by atoms with Crippen LogP contribution in [0.4, 0.5) is 0 Å². The number of hydrogen-bond donors (Lipinski definition) is 3. The van der Waals surface area contributed by atoms with Gasteiger partial charge in [0.05, 0.1) is 26.9 Å². The summed E-state index contributed by atoms with van der Waals surface area (Å²) < 4.78 is 16.3. The minimum atomic E-state index is -0.252. The standard InChI is InChI=1S/C26H31N3O5/c1-15-24(16-8-6-5-7-9-16)26(29-28-15)27-14-19-20(30)10-17(11-21(19)31)18-12-22(32-2)25(34-4)23(13-18)33-3/h5-9,12-15,17,24,26,28-30H,10-11H2,1-4H3/b27-14+. The van der Waals surface area contributed by atoms with Gasteiger partial charge in [0.1, 0.15) is 11.9 Å². The maximum absolute atomic E-state index is 13.0. The van der Waals surface area contributed by atoms with Gasteiger partial charge in [-0.05, 0) is 36.1 Å². The number of ether oxygens (including phenoxy) is 3. The van der Waals surface area contributed by atoms with Crippen molar-refractivity contribution in [1.29, 1.82) is 0 Å². The molecule has 34 heavy (non-hydrogen) atoms. The average molecular weight is 466 g/mol. The first-order chi connectivity index (χ1) is 16.5. The third-order valence-electron chi connectivity index (χ3n) is 6.53. The molecule has 0 saturated carbocycles. The zero-order valence-corrected chi connectivity index (χ0v) is 19.9. The first-order valence-electron chi connectivity index (χ1n) is 11.3. The average Bonchev–Trinajstić information content (AvgIpc) is 3.22. The predicted molar refractivity (Wildman–Crippen MR) is 130 cm³/mol. The van der Waals surface area contributed by atoms with E-state index in [-0.39, 0.29) is 47.6 Å². The monoisotopic (exact) mass is 465 g/mol. The van der Waals surface area contributed by atoms with Gasteiger partial charge in [0.25, 0.3) is 0 Å². The highest BCUT2D eigenvalue weighted by Gasteiger charge is 2.34. The second-order valence-electron chi connectivity index (χ2n) is 8.58. The minimum absolute atomic E-state index is 0.0361. The van der Waals surface area contributed by atoms with E-state index in [0.717, 1.165) is 11.1 Å². The highest BCUT2D eigenvalue weighted by Crippen LogP contribution is 2.43. The van der Waals surface area contributed by atoms with E-state index in [4.69, 9.17) is 14.2 Å². The van der Waals surface area contributed by atoms with Gasteiger partial charge in [-0.2, -0.15) is 0 Å². The molecule has 3 N–H and O–H groups in total. The zero-order chi connectivity index (χ0) is 24.2. The molecule has 4 atom stereocenters. The van der Waals surface area contributed by atoms with E-state index < -0.39 is 0 Å². The Morgan fingerprint density at radius 1 is 0.971 bits per heavy atom. The van der Waals surface area contributed by atoms with Gasteiger partial charge in [0.2, 0.25) is 5.75 Å². The van der Waals surface area contributed by atoms with Crippen LogP contribution in [0.25, 0.3) is 0 Å². The Labute approximate surface area is 199 Å². The highest BCUT2D eigenvalue weighted by atomic mass is 16.5. The molecule has 4 unspecified atom stereocenters. The number of ketones is 1. The minimum Gasteiger partial charge on any atom is -0.511 e. The molecule has 0 bridgehead atoms. The van der Waals surface area contributed by atoms with Crippen molar-refractivity contribution >= 4 is 12.0 Å². The van der Waals surface area contributed by atoms with Gasteiger partial charge in [-0.25, -0.2) is 5.43 Å². The molecule has 0 radical (unpaired) electrons. The fourth-order valence-electron chi connectivity index (χ4n) is 4.73. The van der Waals surface area contributed by atoms with Crippen LogP contribution in [0, 0.1) is 0 Å². The van der Waals surface area contributed by atoms with Crippen molar-refractivity contribution in [3.8, 4) is 17.2 Å². The summed E-state index contributed by atoms with van der Waals surface area (Å²) in [6, 6.07) is 13.9. The van der Waals surface area contributed by atoms with E-state index in [9.17, 15) is 9.90 Å². The molecule has 1 aliphatic carbocycles. The van der Waals surface area contributed by atoms with Gasteiger partial charge in [-0.1, -0.05) is 30.3 Å². The molecule has 1 fully saturated rings. The lowest BCUT2D eigenvalue weighted by atomic mass is 9.82. The van der Waals surface area contributed by atoms with Crippen LogP contribution >= 0.6 is 0 Å². The van der Waals surface area contributed by atoms with Crippen molar-refractivity contribution in [3.05, 3.63) is 64.9 Å². The van der Waals surface area contributed by atoms with E-state index >= 15 is 0 Å². The number of nitrogens with zero attached hydrogens (tertiary/aromatic N) is 1. The summed E-state index contributed by atoms with van der Waals surface area (Å²) in [5, 5.41) is 10.8. The largest absolute Gasteiger partial charge is 0.511 e. The summed E-state index contributed by atoms with van der Waals surface area (Å²) in [6.45, 7) is 2.09. The molecular formula is C26H31N3O5. The van der Waals surface area contributed by atoms with Crippen molar-refractivity contribution < 1.29 is 24.1 Å². The van der Waals surface area contributed by atoms with E-state index in [1.54, 1.807) is 21.3 Å². The quantitative estimate of drug-likeness (QED) is 0.537. The Morgan fingerprint density at radius 2 is 1.65 bits per heavy atom. The van der Waals surface area contributed by atoms with Gasteiger partial charge < -0.3 is 19.3 Å². The summed E-state index contributed by atoms with van der Waals surface area (Å²) in [5.41, 5.74) is 8.68. The number of methoxy groups -OCH3 is 3. The lowest BCUT2D eigenvalue weighted by Crippen LogP contribution is -2.31. The maximum Gasteiger partial charge on any atom is 0.203 e. The Bertz CT molecular complexity index is 1070. The summed E-state index contributed by atoms with van der Waals surface area (Å²) in [6.07, 6.45) is 1.83. The van der Waals surface area contributed by atoms with Crippen LogP contribution in [-0.2, 0) is 4.79 Å². The second kappa shape index (κ2) is 10.3. The Balaban J connectivity index is 1.56. The van der Waals surface area contributed by atoms with Crippen molar-refractivity contribution in [2.75, 3.05) is 21.3 Å². The number of aliphatic hydroxyl groups is 1. The number of aliphatic imine (C=N–C) groups is 1. The van der Waals surface area contributed by atoms with Crippen LogP contribution in [-0.4, -0.2) is 50.6 Å². The third kappa shape index (κ3) is 4.64. The third-order valence-corrected chi connectivity index (χ3v) is 6.53. The van der Waals surface area contributed by atoms with E-state index in [2.05, 4.69) is 34.9 Å². The summed E-state index contributed by atoms with van der Waals surface area (Å²) in [5.74, 6) is 1.30. The molecule has 0 aromatic heterocycles. The van der Waals surface area contributed by atoms with Crippen LogP contribution < -0.4 is 25.1 Å². The first kappa shape index (κ1) is 23.8. The van der Waals surface area contributed by atoms with E-state index in [0.29, 0.717) is 23.7 Å². The maximum atomic E-state index is 13.0. The lowest BCUT2D eigenvalue weighted by molar-refractivity contribution is -0.116. The highest BCUT2D eigenvalue weighted by molar-refractivity contribution is 6.14. The van der Waals surface area contributed by atoms with Crippen LogP contribution in [0.1, 0.15) is 42.7 Å². The van der Waals surface area contributed by atoms with Crippen LogP contribution in [0.5, 0.6) is 17.2 Å². The fraction of sp³-hybridized carbons (Fsp3) is 0.385. The zero-order valence-electron chi connectivity index (χ0n) is 19.9. The van der Waals surface area contributed by atoms with Gasteiger partial charge in [0.15, 0.2) is 17.3 Å². The number of rotatable bonds is 7. The number of carbonyl (C=O) groups excluding carboxylic acids is 1. The van der Waals surface area contributed by atoms with Crippen LogP contribution in [0.3, 0.4) is 0 Å². The lowest BCUT2D eigenvalue weighted by Gasteiger charge is -2.24. The number of hydrogen-bond acceptors (Lipinski definition) is 8. The van der Waals surface area contributed by atoms with E-state index in [1.807, 2.05) is 30.3 Å². The number of hydrazine groups is 1. The predicted octanol–water partition coefficient (Wildman–Crippen LogP) is 3.65. The number of carbonyl (C=O) groups is 1. The van der Waals surface area contributed by atoms with Gasteiger partial charge in [-0.3, -0.25) is 15.2 Å². The Hall–Kier alpha value is -3.36. The van der Waals surface area contributed by atoms with Crippen LogP contribution in [0.15, 0.2) is 58.8 Å². The molecule has 1 heterocycles. The first-order valence-corrected chi connectivity index (χ1v) is 11.3. The number of aliphatic hydroxyl groups excluding tert-OH is 1. The Morgan fingerprint density at radius 3 is 2.24 bits per heavy atom. The fourth-order valence-corrected chi connectivity index (χ4v) is 4.73. The van der Waals surface area contributed by atoms with Crippen molar-refractivity contribution in [3.63, 3.8) is 0 Å². The molecule has 1 saturated heterocycles. The van der Waals surface area contributed by atoms with Gasteiger partial charge in [0, 0.05) is 31.0 Å². The topological polar surface area (TPSA) is 101 Å². The summed E-state index contributed by atoms with van der Waals surface area (Å²) in [7, 11) is 4.64. The van der Waals surface area contributed by atoms with Crippen molar-refractivity contribution in [2.45, 2.75) is 43.8 Å². The molecule has 2 aromatic rings. The smallest absolute Gasteiger partial charge is 0.203 e. The molecule has 1 aliphatic heterocycles. The number of nitrogens with one attached hydrogen (secondary N) is 2. The van der Waals surface area contributed by atoms with Gasteiger partial charge >= 0.3 is 0 Å². The second-order valence-corrected chi connectivity index (χ2v) is 8.58. The number of allylic oxidation sites excluding steroid dienone is 2. The Kier molecular flexibility index (Phi) is 7.19. The molecule has 2 aliphatic rings. The number of benzene rings is 2. The number of Topliss-reactive ketones (excluding diaryl/α,β-unsaturated/α-hetero) is 1. The molecule has 2 aromatic carbocycles. The van der Waals surface area contributed by atoms with Crippen molar-refractivity contribution in [1.82, 2.24) is 10.9 Å². The molecular weight excluding hydrogens is 434 g/mol. The van der Waals surface area contributed by atoms with E-state index in [1.165, 1.54) is 6.21 Å². The SMILES string of the molecule is COc1cc(C2CC(=O)C(/C=N/C3NNC(C)C3c3ccccc3)=C(O)C2)cc(OC)c1OC. The molecule has 0 amide bonds. The summed E-state index contributed by atoms with van der Waals surface area (Å²) in [4.78, 5) is 17.6. The summed E-state index contributed by atoms with van der Waals surface area (Å²) >= 11 is 0. The van der Waals surface area contributed by atoms with Crippen molar-refractivity contribution in [2.24, 2.45) is 4.99 Å². The normalized spacial score (nSPS) is 25.1. The van der Waals surface area contributed by atoms with Crippen LogP contribution in [0.2, 0.25) is 0 Å². The molecule has 8 nitrogen and oxygen atoms in total. The molecule has 8 heteroatoms. The molecule has 4 rings (SSSR count). The molecule has 0 spiro atoms. The molecule has 180 valence electrons. The van der Waals surface area contributed by atoms with Gasteiger partial charge in [-0.15, -0.1) is 0 Å².